The second-order valence-electron chi connectivity index (χ2n) is 8.49. The average Bonchev–Trinajstić information content (AvgIpc) is 3.63. The molecule has 0 saturated carbocycles. The monoisotopic (exact) mass is 517 g/mol. The lowest BCUT2D eigenvalue weighted by Crippen LogP contribution is -1.91. The number of para-hydroxylation sites is 2. The largest absolute Gasteiger partial charge is 0.455 e. The lowest BCUT2D eigenvalue weighted by molar-refractivity contribution is 0.670. The molecule has 39 heavy (non-hydrogen) atoms. The van der Waals surface area contributed by atoms with Crippen molar-refractivity contribution in [1.29, 1.82) is 0 Å². The van der Waals surface area contributed by atoms with Crippen molar-refractivity contribution in [2.75, 3.05) is 0 Å². The van der Waals surface area contributed by atoms with Crippen molar-refractivity contribution in [3.8, 4) is 33.4 Å². The Hall–Kier alpha value is -5.14. The van der Waals surface area contributed by atoms with Crippen molar-refractivity contribution in [2.45, 2.75) is 0 Å². The van der Waals surface area contributed by atoms with Crippen molar-refractivity contribution < 1.29 is 33.2 Å². The Morgan fingerprint density at radius 3 is 1.72 bits per heavy atom. The number of fused-ring (bicyclic) bond motifs is 5. The molecular weight excluding hydrogens is 472 g/mol. The average molecular weight is 518 g/mol. The molecule has 1 heterocycles. The zero-order chi connectivity index (χ0) is 44.0. The Balaban J connectivity index is 1.71. The summed E-state index contributed by atoms with van der Waals surface area (Å²) < 4.78 is 190. The summed E-state index contributed by atoms with van der Waals surface area (Å²) in [4.78, 5) is 0. The molecule has 0 fully saturated rings. The van der Waals surface area contributed by atoms with E-state index in [4.69, 9.17) is 26.3 Å². The van der Waals surface area contributed by atoms with Gasteiger partial charge in [-0.15, -0.1) is 0 Å². The Bertz CT molecular complexity index is 3220. The molecule has 1 nitrogen and oxygen atoms in total. The molecule has 0 bridgehead atoms. The van der Waals surface area contributed by atoms with Gasteiger partial charge in [0.05, 0.1) is 28.8 Å². The van der Waals surface area contributed by atoms with Crippen LogP contribution in [-0.4, -0.2) is 0 Å². The van der Waals surface area contributed by atoms with Crippen molar-refractivity contribution in [3.05, 3.63) is 145 Å². The molecule has 0 unspecified atom stereocenters. The normalized spacial score (nSPS) is 19.1. The van der Waals surface area contributed by atoms with Crippen molar-refractivity contribution >= 4 is 43.5 Å². The van der Waals surface area contributed by atoms with Gasteiger partial charge in [0.15, 0.2) is 0 Å². The molecule has 0 spiro atoms. The molecule has 8 aromatic rings. The SMILES string of the molecule is [2H]c1c([2H])c([2H])c(-c2c([2H])c([2H])c([2H])c(-c3c4c([2H])c([2H])c([2H])c([2H])c4c(-c4cccc5c4oc4c([2H])c([2H])c([2H])c([2H])c45)c4c([2H])c([2H])c([2H])c([2H])c34)c2[2H])c([2H])c1[2H]. The molecule has 0 aliphatic heterocycles. The minimum Gasteiger partial charge on any atom is -0.455 e. The number of hydrogen-bond donors (Lipinski definition) is 0. The highest BCUT2D eigenvalue weighted by atomic mass is 16.3. The molecule has 0 aliphatic rings. The van der Waals surface area contributed by atoms with E-state index in [9.17, 15) is 6.85 Å². The number of rotatable bonds is 3. The third kappa shape index (κ3) is 3.41. The van der Waals surface area contributed by atoms with Gasteiger partial charge in [0.1, 0.15) is 11.2 Å². The molecule has 1 heteroatoms. The predicted molar refractivity (Wildman–Crippen MR) is 165 cm³/mol. The maximum atomic E-state index is 9.52. The highest BCUT2D eigenvalue weighted by Crippen LogP contribution is 2.46. The summed E-state index contributed by atoms with van der Waals surface area (Å²) in [7, 11) is 0. The van der Waals surface area contributed by atoms with Crippen LogP contribution < -0.4 is 0 Å². The van der Waals surface area contributed by atoms with Gasteiger partial charge in [0.25, 0.3) is 0 Å². The van der Waals surface area contributed by atoms with Crippen molar-refractivity contribution in [1.82, 2.24) is 0 Å². The van der Waals surface area contributed by atoms with Gasteiger partial charge in [0, 0.05) is 21.9 Å². The topological polar surface area (TPSA) is 13.1 Å². The molecule has 0 amide bonds. The van der Waals surface area contributed by atoms with Crippen LogP contribution in [0.5, 0.6) is 0 Å². The summed E-state index contributed by atoms with van der Waals surface area (Å²) in [6.45, 7) is 0. The fourth-order valence-electron chi connectivity index (χ4n) is 4.82. The zero-order valence-electron chi connectivity index (χ0n) is 40.6. The number of hydrogen-bond acceptors (Lipinski definition) is 1. The molecule has 0 radical (unpaired) electrons. The van der Waals surface area contributed by atoms with E-state index in [-0.39, 0.29) is 33.1 Å². The van der Waals surface area contributed by atoms with E-state index in [0.717, 1.165) is 0 Å². The standard InChI is InChI=1S/C38H24O/c1-2-12-25(13-3-1)26-14-10-15-27(24-26)36-29-17-4-6-19-31(29)37(32-20-7-5-18-30(32)36)34-22-11-21-33-28-16-8-9-23-35(28)39-38(33)34/h1-24H/i1D,2D,3D,4D,5D,6D,7D,8D,9D,10D,12D,13D,14D,15D,16D,17D,18D,19D,20D,23D,24D. The first-order valence-corrected chi connectivity index (χ1v) is 11.7. The van der Waals surface area contributed by atoms with E-state index in [1.165, 1.54) is 18.2 Å². The summed E-state index contributed by atoms with van der Waals surface area (Å²) in [5, 5.41) is -1.80. The summed E-state index contributed by atoms with van der Waals surface area (Å²) in [6.07, 6.45) is 0. The predicted octanol–water partition coefficient (Wildman–Crippen LogP) is 10.9. The molecule has 0 saturated heterocycles. The summed E-state index contributed by atoms with van der Waals surface area (Å²) in [5.74, 6) is 0. The van der Waals surface area contributed by atoms with E-state index in [0.29, 0.717) is 0 Å². The lowest BCUT2D eigenvalue weighted by atomic mass is 9.85. The van der Waals surface area contributed by atoms with Crippen LogP contribution in [0.25, 0.3) is 76.9 Å². The second-order valence-corrected chi connectivity index (χ2v) is 8.49. The lowest BCUT2D eigenvalue weighted by Gasteiger charge is -2.18. The fraction of sp³-hybridized carbons (Fsp3) is 0. The van der Waals surface area contributed by atoms with Crippen LogP contribution in [0.3, 0.4) is 0 Å². The highest BCUT2D eigenvalue weighted by molar-refractivity contribution is 6.24. The van der Waals surface area contributed by atoms with Crippen LogP contribution in [-0.2, 0) is 0 Å². The number of furan rings is 1. The van der Waals surface area contributed by atoms with Crippen LogP contribution in [0.15, 0.2) is 150 Å². The van der Waals surface area contributed by atoms with Gasteiger partial charge in [-0.3, -0.25) is 0 Å². The molecule has 1 aromatic heterocycles. The maximum Gasteiger partial charge on any atom is 0.143 e. The van der Waals surface area contributed by atoms with Crippen molar-refractivity contribution in [3.63, 3.8) is 0 Å². The second kappa shape index (κ2) is 8.72. The van der Waals surface area contributed by atoms with Crippen LogP contribution >= 0.6 is 0 Å². The summed E-state index contributed by atoms with van der Waals surface area (Å²) >= 11 is 0. The molecule has 182 valence electrons. The first-order valence-electron chi connectivity index (χ1n) is 22.2. The summed E-state index contributed by atoms with van der Waals surface area (Å²) in [6, 6.07) is -12.2. The van der Waals surface area contributed by atoms with Gasteiger partial charge in [-0.05, 0) is 55.9 Å². The van der Waals surface area contributed by atoms with Crippen LogP contribution in [0.1, 0.15) is 28.8 Å². The molecule has 0 atom stereocenters. The Kier molecular flexibility index (Phi) is 2.14. The molecule has 0 aliphatic carbocycles. The first kappa shape index (κ1) is 9.55. The van der Waals surface area contributed by atoms with E-state index >= 15 is 0 Å². The Morgan fingerprint density at radius 2 is 1.00 bits per heavy atom. The Labute approximate surface area is 256 Å². The Morgan fingerprint density at radius 1 is 0.436 bits per heavy atom. The van der Waals surface area contributed by atoms with Crippen LogP contribution in [0.4, 0.5) is 0 Å². The van der Waals surface area contributed by atoms with E-state index in [1.807, 2.05) is 0 Å². The third-order valence-electron chi connectivity index (χ3n) is 6.41. The van der Waals surface area contributed by atoms with E-state index in [2.05, 4.69) is 0 Å². The zero-order valence-corrected chi connectivity index (χ0v) is 19.6. The minimum atomic E-state index is -0.943. The smallest absolute Gasteiger partial charge is 0.143 e. The quantitative estimate of drug-likeness (QED) is 0.212. The van der Waals surface area contributed by atoms with Gasteiger partial charge in [-0.2, -0.15) is 0 Å². The van der Waals surface area contributed by atoms with Crippen molar-refractivity contribution in [2.24, 2.45) is 0 Å². The minimum absolute atomic E-state index is 0.0387. The van der Waals surface area contributed by atoms with Crippen LogP contribution in [0.2, 0.25) is 0 Å². The van der Waals surface area contributed by atoms with E-state index in [1.54, 1.807) is 0 Å². The van der Waals surface area contributed by atoms with Gasteiger partial charge in [0.2, 0.25) is 0 Å². The molecule has 8 rings (SSSR count). The first-order chi connectivity index (χ1) is 28.1. The number of benzene rings is 7. The molecule has 7 aromatic carbocycles. The maximum absolute atomic E-state index is 9.52. The molecule has 0 N–H and O–H groups in total. The fourth-order valence-corrected chi connectivity index (χ4v) is 4.82. The van der Waals surface area contributed by atoms with Gasteiger partial charge in [-0.25, -0.2) is 0 Å². The van der Waals surface area contributed by atoms with Gasteiger partial charge >= 0.3 is 0 Å². The van der Waals surface area contributed by atoms with Crippen LogP contribution in [0, 0.1) is 0 Å². The third-order valence-corrected chi connectivity index (χ3v) is 6.41. The van der Waals surface area contributed by atoms with E-state index < -0.39 is 171 Å². The van der Waals surface area contributed by atoms with Gasteiger partial charge < -0.3 is 4.42 Å². The molecular formula is C38H24O. The van der Waals surface area contributed by atoms with Gasteiger partial charge in [-0.1, -0.05) is 133 Å². The summed E-state index contributed by atoms with van der Waals surface area (Å²) in [5.41, 5.74) is -3.45. The highest BCUT2D eigenvalue weighted by Gasteiger charge is 2.20.